The number of esters is 1. The van der Waals surface area contributed by atoms with E-state index in [1.165, 1.54) is 0 Å². The van der Waals surface area contributed by atoms with Gasteiger partial charge in [0.05, 0.1) is 13.0 Å². The highest BCUT2D eigenvalue weighted by molar-refractivity contribution is 6.32. The first-order valence-corrected chi connectivity index (χ1v) is 8.12. The minimum absolute atomic E-state index is 0.0646. The average Bonchev–Trinajstić information content (AvgIpc) is 2.52. The fourth-order valence-electron chi connectivity index (χ4n) is 2.82. The van der Waals surface area contributed by atoms with Crippen molar-refractivity contribution in [1.29, 1.82) is 0 Å². The SMILES string of the molecule is CCOC(=O)C1CCCCN1C(=O)Cc1cccc(C)c1Cl. The van der Waals surface area contributed by atoms with E-state index in [0.717, 1.165) is 24.0 Å². The standard InChI is InChI=1S/C17H22ClNO3/c1-3-22-17(21)14-9-4-5-10-19(14)15(20)11-13-8-6-7-12(2)16(13)18/h6-8,14H,3-5,9-11H2,1-2H3. The second-order valence-electron chi connectivity index (χ2n) is 5.58. The Hall–Kier alpha value is -1.55. The molecule has 1 unspecified atom stereocenters. The van der Waals surface area contributed by atoms with Crippen LogP contribution in [0.4, 0.5) is 0 Å². The summed E-state index contributed by atoms with van der Waals surface area (Å²) in [5, 5.41) is 0.626. The van der Waals surface area contributed by atoms with E-state index in [-0.39, 0.29) is 18.3 Å². The molecule has 1 fully saturated rings. The topological polar surface area (TPSA) is 46.6 Å². The molecule has 1 heterocycles. The number of piperidine rings is 1. The highest BCUT2D eigenvalue weighted by Gasteiger charge is 2.33. The number of amides is 1. The second kappa shape index (κ2) is 7.63. The van der Waals surface area contributed by atoms with Gasteiger partial charge in [-0.3, -0.25) is 4.79 Å². The summed E-state index contributed by atoms with van der Waals surface area (Å²) in [5.74, 6) is -0.365. The van der Waals surface area contributed by atoms with Crippen molar-refractivity contribution in [2.45, 2.75) is 45.6 Å². The predicted octanol–water partition coefficient (Wildman–Crippen LogP) is 3.14. The first kappa shape index (κ1) is 16.8. The molecule has 22 heavy (non-hydrogen) atoms. The number of rotatable bonds is 4. The molecule has 0 aromatic heterocycles. The molecule has 0 aliphatic carbocycles. The van der Waals surface area contributed by atoms with E-state index in [9.17, 15) is 9.59 Å². The molecule has 0 radical (unpaired) electrons. The number of aryl methyl sites for hydroxylation is 1. The molecular weight excluding hydrogens is 302 g/mol. The van der Waals surface area contributed by atoms with Crippen molar-refractivity contribution in [3.8, 4) is 0 Å². The predicted molar refractivity (Wildman–Crippen MR) is 85.9 cm³/mol. The largest absolute Gasteiger partial charge is 0.464 e. The summed E-state index contributed by atoms with van der Waals surface area (Å²) in [4.78, 5) is 26.3. The fraction of sp³-hybridized carbons (Fsp3) is 0.529. The fourth-order valence-corrected chi connectivity index (χ4v) is 3.02. The van der Waals surface area contributed by atoms with Crippen molar-refractivity contribution in [2.75, 3.05) is 13.2 Å². The quantitative estimate of drug-likeness (QED) is 0.800. The Labute approximate surface area is 136 Å². The summed E-state index contributed by atoms with van der Waals surface area (Å²) in [6.07, 6.45) is 2.75. The lowest BCUT2D eigenvalue weighted by atomic mass is 10.0. The molecule has 1 saturated heterocycles. The number of ether oxygens (including phenoxy) is 1. The minimum Gasteiger partial charge on any atom is -0.464 e. The van der Waals surface area contributed by atoms with Crippen LogP contribution in [0.1, 0.15) is 37.3 Å². The van der Waals surface area contributed by atoms with E-state index in [1.54, 1.807) is 11.8 Å². The smallest absolute Gasteiger partial charge is 0.328 e. The number of carbonyl (C=O) groups is 2. The lowest BCUT2D eigenvalue weighted by molar-refractivity contribution is -0.156. The number of carbonyl (C=O) groups excluding carboxylic acids is 2. The second-order valence-corrected chi connectivity index (χ2v) is 5.95. The van der Waals surface area contributed by atoms with Crippen molar-refractivity contribution in [3.63, 3.8) is 0 Å². The van der Waals surface area contributed by atoms with E-state index in [4.69, 9.17) is 16.3 Å². The number of hydrogen-bond donors (Lipinski definition) is 0. The van der Waals surface area contributed by atoms with Crippen molar-refractivity contribution in [1.82, 2.24) is 4.90 Å². The number of hydrogen-bond acceptors (Lipinski definition) is 3. The molecule has 1 aromatic rings. The van der Waals surface area contributed by atoms with Crippen LogP contribution >= 0.6 is 11.6 Å². The highest BCUT2D eigenvalue weighted by Crippen LogP contribution is 2.24. The molecule has 4 nitrogen and oxygen atoms in total. The summed E-state index contributed by atoms with van der Waals surface area (Å²) in [7, 11) is 0. The molecule has 5 heteroatoms. The molecule has 1 aromatic carbocycles. The van der Waals surface area contributed by atoms with Crippen LogP contribution in [0.25, 0.3) is 0 Å². The van der Waals surface area contributed by atoms with Crippen LogP contribution in [0, 0.1) is 6.92 Å². The Balaban J connectivity index is 2.12. The molecular formula is C17H22ClNO3. The van der Waals surface area contributed by atoms with E-state index in [1.807, 2.05) is 25.1 Å². The molecule has 1 atom stereocenters. The zero-order valence-corrected chi connectivity index (χ0v) is 13.9. The van der Waals surface area contributed by atoms with Gasteiger partial charge in [0.1, 0.15) is 6.04 Å². The van der Waals surface area contributed by atoms with E-state index >= 15 is 0 Å². The Kier molecular flexibility index (Phi) is 5.83. The first-order chi connectivity index (χ1) is 10.5. The van der Waals surface area contributed by atoms with Gasteiger partial charge in [-0.05, 0) is 44.2 Å². The van der Waals surface area contributed by atoms with Crippen molar-refractivity contribution >= 4 is 23.5 Å². The molecule has 1 aliphatic rings. The molecule has 120 valence electrons. The van der Waals surface area contributed by atoms with Gasteiger partial charge in [0.2, 0.25) is 5.91 Å². The lowest BCUT2D eigenvalue weighted by Gasteiger charge is -2.34. The average molecular weight is 324 g/mol. The van der Waals surface area contributed by atoms with Gasteiger partial charge in [0, 0.05) is 11.6 Å². The summed E-state index contributed by atoms with van der Waals surface area (Å²) >= 11 is 6.26. The van der Waals surface area contributed by atoms with Gasteiger partial charge in [0.25, 0.3) is 0 Å². The molecule has 2 rings (SSSR count). The van der Waals surface area contributed by atoms with Crippen molar-refractivity contribution in [2.24, 2.45) is 0 Å². The van der Waals surface area contributed by atoms with Crippen LogP contribution in [0.15, 0.2) is 18.2 Å². The minimum atomic E-state index is -0.454. The van der Waals surface area contributed by atoms with Crippen LogP contribution in [-0.4, -0.2) is 36.0 Å². The zero-order valence-electron chi connectivity index (χ0n) is 13.1. The Morgan fingerprint density at radius 2 is 2.14 bits per heavy atom. The van der Waals surface area contributed by atoms with Gasteiger partial charge in [0.15, 0.2) is 0 Å². The number of nitrogens with zero attached hydrogens (tertiary/aromatic N) is 1. The molecule has 1 amide bonds. The zero-order chi connectivity index (χ0) is 16.1. The lowest BCUT2D eigenvalue weighted by Crippen LogP contribution is -2.49. The van der Waals surface area contributed by atoms with Gasteiger partial charge < -0.3 is 9.64 Å². The number of benzene rings is 1. The van der Waals surface area contributed by atoms with Crippen LogP contribution in [0.5, 0.6) is 0 Å². The van der Waals surface area contributed by atoms with Crippen LogP contribution in [-0.2, 0) is 20.7 Å². The summed E-state index contributed by atoms with van der Waals surface area (Å²) in [6, 6.07) is 5.21. The van der Waals surface area contributed by atoms with Crippen molar-refractivity contribution in [3.05, 3.63) is 34.3 Å². The first-order valence-electron chi connectivity index (χ1n) is 7.74. The third-order valence-electron chi connectivity index (χ3n) is 4.00. The molecule has 0 spiro atoms. The van der Waals surface area contributed by atoms with E-state index < -0.39 is 6.04 Å². The maximum atomic E-state index is 12.6. The molecule has 1 aliphatic heterocycles. The summed E-state index contributed by atoms with van der Waals surface area (Å²) in [6.45, 7) is 4.63. The van der Waals surface area contributed by atoms with Gasteiger partial charge >= 0.3 is 5.97 Å². The normalized spacial score (nSPS) is 18.1. The van der Waals surface area contributed by atoms with Crippen LogP contribution in [0.2, 0.25) is 5.02 Å². The van der Waals surface area contributed by atoms with Crippen LogP contribution in [0.3, 0.4) is 0 Å². The number of halogens is 1. The third kappa shape index (κ3) is 3.80. The Morgan fingerprint density at radius 3 is 2.86 bits per heavy atom. The summed E-state index contributed by atoms with van der Waals surface area (Å²) < 4.78 is 5.10. The van der Waals surface area contributed by atoms with Gasteiger partial charge in [-0.2, -0.15) is 0 Å². The van der Waals surface area contributed by atoms with Gasteiger partial charge in [-0.15, -0.1) is 0 Å². The van der Waals surface area contributed by atoms with E-state index in [2.05, 4.69) is 0 Å². The Bertz CT molecular complexity index is 559. The van der Waals surface area contributed by atoms with Crippen molar-refractivity contribution < 1.29 is 14.3 Å². The van der Waals surface area contributed by atoms with E-state index in [0.29, 0.717) is 24.6 Å². The maximum absolute atomic E-state index is 12.6. The third-order valence-corrected chi connectivity index (χ3v) is 4.54. The molecule has 0 saturated carbocycles. The summed E-state index contributed by atoms with van der Waals surface area (Å²) in [5.41, 5.74) is 1.76. The maximum Gasteiger partial charge on any atom is 0.328 e. The monoisotopic (exact) mass is 323 g/mol. The van der Waals surface area contributed by atoms with Gasteiger partial charge in [-0.1, -0.05) is 29.8 Å². The highest BCUT2D eigenvalue weighted by atomic mass is 35.5. The number of likely N-dealkylation sites (tertiary alicyclic amines) is 1. The Morgan fingerprint density at radius 1 is 1.36 bits per heavy atom. The molecule has 0 N–H and O–H groups in total. The van der Waals surface area contributed by atoms with Gasteiger partial charge in [-0.25, -0.2) is 4.79 Å². The van der Waals surface area contributed by atoms with Crippen LogP contribution < -0.4 is 0 Å². The molecule has 0 bridgehead atoms.